The van der Waals surface area contributed by atoms with Crippen LogP contribution in [0.25, 0.3) is 0 Å². The van der Waals surface area contributed by atoms with E-state index in [1.807, 2.05) is 24.3 Å². The zero-order valence-corrected chi connectivity index (χ0v) is 10.9. The normalized spacial score (nSPS) is 10.6. The van der Waals surface area contributed by atoms with Crippen molar-refractivity contribution in [3.63, 3.8) is 0 Å². The number of nitrogens with two attached hydrogens (primary N) is 1. The number of thioether (sulfide) groups is 1. The Morgan fingerprint density at radius 2 is 2.06 bits per heavy atom. The molecule has 0 amide bonds. The number of ether oxygens (including phenoxy) is 1. The zero-order valence-electron chi connectivity index (χ0n) is 10.1. The summed E-state index contributed by atoms with van der Waals surface area (Å²) in [4.78, 5) is 0. The van der Waals surface area contributed by atoms with E-state index in [1.165, 1.54) is 17.3 Å². The molecular formula is C12H15N3O2S. The van der Waals surface area contributed by atoms with Crippen molar-refractivity contribution < 1.29 is 9.15 Å². The maximum Gasteiger partial charge on any atom is 0.276 e. The second-order valence-electron chi connectivity index (χ2n) is 3.64. The fourth-order valence-corrected chi connectivity index (χ4v) is 2.12. The van der Waals surface area contributed by atoms with Gasteiger partial charge in [0.2, 0.25) is 5.89 Å². The van der Waals surface area contributed by atoms with Crippen LogP contribution in [0.1, 0.15) is 11.5 Å². The van der Waals surface area contributed by atoms with Gasteiger partial charge in [0.15, 0.2) is 0 Å². The lowest BCUT2D eigenvalue weighted by Crippen LogP contribution is -2.02. The number of hydrogen-bond acceptors (Lipinski definition) is 6. The molecule has 2 rings (SSSR count). The molecule has 18 heavy (non-hydrogen) atoms. The third kappa shape index (κ3) is 3.48. The highest BCUT2D eigenvalue weighted by atomic mass is 32.2. The first kappa shape index (κ1) is 12.9. The first-order valence-electron chi connectivity index (χ1n) is 5.60. The molecule has 6 heteroatoms. The molecular weight excluding hydrogens is 250 g/mol. The van der Waals surface area contributed by atoms with Gasteiger partial charge in [0, 0.05) is 18.7 Å². The summed E-state index contributed by atoms with van der Waals surface area (Å²) in [5.74, 6) is 2.23. The molecule has 0 aliphatic heterocycles. The van der Waals surface area contributed by atoms with E-state index in [1.54, 1.807) is 7.11 Å². The second-order valence-corrected chi connectivity index (χ2v) is 4.56. The second kappa shape index (κ2) is 6.42. The van der Waals surface area contributed by atoms with Crippen molar-refractivity contribution in [2.45, 2.75) is 17.4 Å². The van der Waals surface area contributed by atoms with Gasteiger partial charge < -0.3 is 14.9 Å². The molecule has 0 bridgehead atoms. The molecule has 0 fully saturated rings. The van der Waals surface area contributed by atoms with Gasteiger partial charge in [0.05, 0.1) is 7.11 Å². The molecule has 1 heterocycles. The van der Waals surface area contributed by atoms with Gasteiger partial charge in [-0.1, -0.05) is 23.9 Å². The van der Waals surface area contributed by atoms with E-state index < -0.39 is 0 Å². The Hall–Kier alpha value is -1.53. The Morgan fingerprint density at radius 3 is 2.72 bits per heavy atom. The zero-order chi connectivity index (χ0) is 12.8. The maximum absolute atomic E-state index is 5.43. The Morgan fingerprint density at radius 1 is 1.28 bits per heavy atom. The predicted octanol–water partition coefficient (Wildman–Crippen LogP) is 1.87. The van der Waals surface area contributed by atoms with Crippen molar-refractivity contribution >= 4 is 11.8 Å². The molecule has 1 aromatic heterocycles. The van der Waals surface area contributed by atoms with Gasteiger partial charge in [-0.3, -0.25) is 0 Å². The summed E-state index contributed by atoms with van der Waals surface area (Å²) in [6.45, 7) is 0.519. The highest BCUT2D eigenvalue weighted by molar-refractivity contribution is 7.98. The molecule has 0 aliphatic rings. The Labute approximate surface area is 110 Å². The van der Waals surface area contributed by atoms with Crippen molar-refractivity contribution in [3.05, 3.63) is 35.7 Å². The molecule has 1 aromatic carbocycles. The van der Waals surface area contributed by atoms with Gasteiger partial charge in [0.25, 0.3) is 5.22 Å². The van der Waals surface area contributed by atoms with Crippen LogP contribution in [0.15, 0.2) is 33.9 Å². The average Bonchev–Trinajstić information content (AvgIpc) is 2.85. The van der Waals surface area contributed by atoms with Crippen molar-refractivity contribution in [3.8, 4) is 5.75 Å². The van der Waals surface area contributed by atoms with E-state index in [4.69, 9.17) is 14.9 Å². The van der Waals surface area contributed by atoms with Crippen LogP contribution in [-0.4, -0.2) is 23.9 Å². The molecule has 5 nitrogen and oxygen atoms in total. The summed E-state index contributed by atoms with van der Waals surface area (Å²) in [6, 6.07) is 7.90. The standard InChI is InChI=1S/C12H15N3O2S/c1-16-10-4-2-9(3-5-10)8-18-12-15-14-11(17-12)6-7-13/h2-5H,6-8,13H2,1H3. The Bertz CT molecular complexity index is 484. The Kier molecular flexibility index (Phi) is 4.60. The van der Waals surface area contributed by atoms with Crippen molar-refractivity contribution in [2.75, 3.05) is 13.7 Å². The van der Waals surface area contributed by atoms with E-state index in [9.17, 15) is 0 Å². The number of nitrogens with zero attached hydrogens (tertiary/aromatic N) is 2. The van der Waals surface area contributed by atoms with Crippen molar-refractivity contribution in [1.29, 1.82) is 0 Å². The lowest BCUT2D eigenvalue weighted by molar-refractivity contribution is 0.414. The molecule has 0 atom stereocenters. The highest BCUT2D eigenvalue weighted by Gasteiger charge is 2.06. The van der Waals surface area contributed by atoms with E-state index in [2.05, 4.69) is 10.2 Å². The fraction of sp³-hybridized carbons (Fsp3) is 0.333. The molecule has 0 spiro atoms. The summed E-state index contributed by atoms with van der Waals surface area (Å²) >= 11 is 1.51. The van der Waals surface area contributed by atoms with Gasteiger partial charge in [0.1, 0.15) is 5.75 Å². The molecule has 0 radical (unpaired) electrons. The summed E-state index contributed by atoms with van der Waals surface area (Å²) in [5.41, 5.74) is 6.60. The Balaban J connectivity index is 1.89. The van der Waals surface area contributed by atoms with E-state index in [0.717, 1.165) is 11.5 Å². The summed E-state index contributed by atoms with van der Waals surface area (Å²) in [6.07, 6.45) is 0.621. The van der Waals surface area contributed by atoms with Gasteiger partial charge in [-0.15, -0.1) is 10.2 Å². The van der Waals surface area contributed by atoms with Crippen LogP contribution in [0, 0.1) is 0 Å². The third-order valence-corrected chi connectivity index (χ3v) is 3.22. The molecule has 0 aliphatic carbocycles. The lowest BCUT2D eigenvalue weighted by Gasteiger charge is -2.01. The van der Waals surface area contributed by atoms with Crippen LogP contribution >= 0.6 is 11.8 Å². The van der Waals surface area contributed by atoms with Gasteiger partial charge in [-0.05, 0) is 17.7 Å². The quantitative estimate of drug-likeness (QED) is 0.804. The molecule has 2 aromatic rings. The van der Waals surface area contributed by atoms with Crippen LogP contribution in [-0.2, 0) is 12.2 Å². The predicted molar refractivity (Wildman–Crippen MR) is 69.6 cm³/mol. The molecule has 96 valence electrons. The van der Waals surface area contributed by atoms with Gasteiger partial charge in [-0.25, -0.2) is 0 Å². The van der Waals surface area contributed by atoms with Gasteiger partial charge >= 0.3 is 0 Å². The van der Waals surface area contributed by atoms with E-state index in [0.29, 0.717) is 24.1 Å². The average molecular weight is 265 g/mol. The maximum atomic E-state index is 5.43. The number of benzene rings is 1. The van der Waals surface area contributed by atoms with Crippen LogP contribution in [0.5, 0.6) is 5.75 Å². The number of rotatable bonds is 6. The molecule has 0 saturated heterocycles. The molecule has 0 unspecified atom stereocenters. The summed E-state index contributed by atoms with van der Waals surface area (Å²) in [5, 5.41) is 8.44. The van der Waals surface area contributed by atoms with Crippen molar-refractivity contribution in [2.24, 2.45) is 5.73 Å². The minimum absolute atomic E-state index is 0.519. The van der Waals surface area contributed by atoms with E-state index in [-0.39, 0.29) is 0 Å². The van der Waals surface area contributed by atoms with Crippen LogP contribution in [0.3, 0.4) is 0 Å². The van der Waals surface area contributed by atoms with E-state index >= 15 is 0 Å². The minimum Gasteiger partial charge on any atom is -0.497 e. The van der Waals surface area contributed by atoms with Gasteiger partial charge in [-0.2, -0.15) is 0 Å². The summed E-state index contributed by atoms with van der Waals surface area (Å²) in [7, 11) is 1.65. The van der Waals surface area contributed by atoms with Crippen LogP contribution < -0.4 is 10.5 Å². The largest absolute Gasteiger partial charge is 0.497 e. The smallest absolute Gasteiger partial charge is 0.276 e. The highest BCUT2D eigenvalue weighted by Crippen LogP contribution is 2.22. The molecule has 2 N–H and O–H groups in total. The van der Waals surface area contributed by atoms with Crippen LogP contribution in [0.2, 0.25) is 0 Å². The SMILES string of the molecule is COc1ccc(CSc2nnc(CCN)o2)cc1. The van der Waals surface area contributed by atoms with Crippen molar-refractivity contribution in [1.82, 2.24) is 10.2 Å². The number of hydrogen-bond donors (Lipinski definition) is 1. The topological polar surface area (TPSA) is 74.2 Å². The van der Waals surface area contributed by atoms with Crippen LogP contribution in [0.4, 0.5) is 0 Å². The number of aromatic nitrogens is 2. The number of methoxy groups -OCH3 is 1. The monoisotopic (exact) mass is 265 g/mol. The molecule has 0 saturated carbocycles. The lowest BCUT2D eigenvalue weighted by atomic mass is 10.2. The first-order chi connectivity index (χ1) is 8.81. The first-order valence-corrected chi connectivity index (χ1v) is 6.58. The minimum atomic E-state index is 0.519. The third-order valence-electron chi connectivity index (χ3n) is 2.33. The summed E-state index contributed by atoms with van der Waals surface area (Å²) < 4.78 is 10.5. The fourth-order valence-electron chi connectivity index (χ4n) is 1.39.